The fourth-order valence-electron chi connectivity index (χ4n) is 1.62. The van der Waals surface area contributed by atoms with Crippen molar-refractivity contribution in [1.29, 1.82) is 0 Å². The highest BCUT2D eigenvalue weighted by Crippen LogP contribution is 2.29. The number of hydrogen-bond donors (Lipinski definition) is 0. The molecule has 0 N–H and O–H groups in total. The van der Waals surface area contributed by atoms with Crippen LogP contribution in [-0.4, -0.2) is 12.1 Å². The van der Waals surface area contributed by atoms with Gasteiger partial charge in [-0.2, -0.15) is 0 Å². The maximum absolute atomic E-state index is 12.9. The summed E-state index contributed by atoms with van der Waals surface area (Å²) >= 11 is 2.19. The molecule has 0 spiro atoms. The third-order valence-electron chi connectivity index (χ3n) is 2.69. The summed E-state index contributed by atoms with van der Waals surface area (Å²) in [6, 6.07) is 8.79. The summed E-state index contributed by atoms with van der Waals surface area (Å²) in [6.07, 6.45) is 1.57. The molecule has 0 atom stereocenters. The number of benzene rings is 1. The number of hydrogen-bond acceptors (Lipinski definition) is 3. The number of methoxy groups -OCH3 is 1. The predicted octanol–water partition coefficient (Wildman–Crippen LogP) is 4.57. The molecule has 0 saturated heterocycles. The number of aromatic nitrogens is 1. The molecule has 0 aliphatic heterocycles. The van der Waals surface area contributed by atoms with Gasteiger partial charge in [-0.25, -0.2) is 9.37 Å². The van der Waals surface area contributed by atoms with Crippen molar-refractivity contribution in [1.82, 2.24) is 4.98 Å². The van der Waals surface area contributed by atoms with Crippen LogP contribution >= 0.6 is 22.6 Å². The van der Waals surface area contributed by atoms with Crippen molar-refractivity contribution in [2.24, 2.45) is 0 Å². The maximum Gasteiger partial charge on any atom is 0.225 e. The molecule has 2 aromatic rings. The summed E-state index contributed by atoms with van der Waals surface area (Å²) in [7, 11) is 1.56. The second-order valence-corrected chi connectivity index (χ2v) is 5.13. The zero-order valence-electron chi connectivity index (χ0n) is 10.9. The Morgan fingerprint density at radius 3 is 2.90 bits per heavy atom. The van der Waals surface area contributed by atoms with Crippen molar-refractivity contribution in [3.05, 3.63) is 57.8 Å². The van der Waals surface area contributed by atoms with Crippen LogP contribution in [0, 0.1) is 3.57 Å². The zero-order valence-corrected chi connectivity index (χ0v) is 13.1. The van der Waals surface area contributed by atoms with Gasteiger partial charge in [0.15, 0.2) is 0 Å². The molecule has 0 fully saturated rings. The number of halogens is 2. The first-order valence-electron chi connectivity index (χ1n) is 5.86. The second kappa shape index (κ2) is 6.69. The molecule has 3 nitrogen and oxygen atoms in total. The van der Waals surface area contributed by atoms with Gasteiger partial charge in [-0.3, -0.25) is 0 Å². The average molecular weight is 385 g/mol. The number of alkyl halides is 1. The van der Waals surface area contributed by atoms with Crippen molar-refractivity contribution in [2.45, 2.75) is 6.67 Å². The lowest BCUT2D eigenvalue weighted by atomic mass is 10.2. The topological polar surface area (TPSA) is 31.4 Å². The minimum absolute atomic E-state index is 0.269. The molecule has 0 aliphatic carbocycles. The van der Waals surface area contributed by atoms with Crippen LogP contribution < -0.4 is 4.74 Å². The van der Waals surface area contributed by atoms with Crippen LogP contribution in [0.25, 0.3) is 5.76 Å². The zero-order chi connectivity index (χ0) is 14.5. The highest BCUT2D eigenvalue weighted by molar-refractivity contribution is 14.1. The first-order chi connectivity index (χ1) is 9.65. The van der Waals surface area contributed by atoms with Gasteiger partial charge in [0, 0.05) is 20.9 Å². The number of ether oxygens (including phenoxy) is 2. The van der Waals surface area contributed by atoms with E-state index in [-0.39, 0.29) is 5.88 Å². The quantitative estimate of drug-likeness (QED) is 0.559. The van der Waals surface area contributed by atoms with Gasteiger partial charge < -0.3 is 9.47 Å². The van der Waals surface area contributed by atoms with E-state index in [9.17, 15) is 4.39 Å². The maximum atomic E-state index is 12.9. The van der Waals surface area contributed by atoms with Crippen LogP contribution in [0.2, 0.25) is 0 Å². The van der Waals surface area contributed by atoms with Gasteiger partial charge in [0.1, 0.15) is 18.2 Å². The molecule has 0 saturated carbocycles. The van der Waals surface area contributed by atoms with Crippen LogP contribution in [-0.2, 0) is 11.4 Å². The lowest BCUT2D eigenvalue weighted by molar-refractivity contribution is 0.370. The Labute approximate surface area is 130 Å². The van der Waals surface area contributed by atoms with E-state index in [0.717, 1.165) is 9.13 Å². The Bertz CT molecular complexity index is 631. The van der Waals surface area contributed by atoms with Gasteiger partial charge in [-0.15, -0.1) is 0 Å². The van der Waals surface area contributed by atoms with Crippen LogP contribution in [0.15, 0.2) is 43.1 Å². The Hall–Kier alpha value is -1.63. The first-order valence-corrected chi connectivity index (χ1v) is 6.94. The number of rotatable bonds is 5. The van der Waals surface area contributed by atoms with Crippen LogP contribution in [0.3, 0.4) is 0 Å². The van der Waals surface area contributed by atoms with Gasteiger partial charge in [0.05, 0.1) is 7.11 Å². The molecule has 5 heteroatoms. The molecular formula is C15H13FINO2. The molecule has 0 amide bonds. The van der Waals surface area contributed by atoms with Crippen molar-refractivity contribution in [2.75, 3.05) is 7.11 Å². The minimum Gasteiger partial charge on any atom is -0.497 e. The Balaban J connectivity index is 2.32. The van der Waals surface area contributed by atoms with Crippen LogP contribution in [0.4, 0.5) is 4.39 Å². The summed E-state index contributed by atoms with van der Waals surface area (Å²) in [4.78, 5) is 4.04. The minimum atomic E-state index is -0.620. The fourth-order valence-corrected chi connectivity index (χ4v) is 2.26. The van der Waals surface area contributed by atoms with Gasteiger partial charge in [-0.05, 0) is 52.9 Å². The third-order valence-corrected chi connectivity index (χ3v) is 3.63. The summed E-state index contributed by atoms with van der Waals surface area (Å²) < 4.78 is 24.6. The van der Waals surface area contributed by atoms with Gasteiger partial charge >= 0.3 is 0 Å². The molecule has 1 aromatic carbocycles. The highest BCUT2D eigenvalue weighted by Gasteiger charge is 2.10. The summed E-state index contributed by atoms with van der Waals surface area (Å²) in [5, 5.41) is 0. The molecule has 2 rings (SSSR count). The molecule has 1 aromatic heterocycles. The van der Waals surface area contributed by atoms with Crippen molar-refractivity contribution in [3.63, 3.8) is 0 Å². The Morgan fingerprint density at radius 2 is 2.20 bits per heavy atom. The lowest BCUT2D eigenvalue weighted by Crippen LogP contribution is -1.95. The molecule has 1 heterocycles. The van der Waals surface area contributed by atoms with Crippen molar-refractivity contribution < 1.29 is 13.9 Å². The van der Waals surface area contributed by atoms with E-state index < -0.39 is 6.67 Å². The molecule has 0 bridgehead atoms. The fraction of sp³-hybridized carbons (Fsp3) is 0.133. The summed E-state index contributed by atoms with van der Waals surface area (Å²) in [6.45, 7) is 3.21. The van der Waals surface area contributed by atoms with Crippen LogP contribution in [0.5, 0.6) is 11.6 Å². The van der Waals surface area contributed by atoms with E-state index in [4.69, 9.17) is 9.47 Å². The SMILES string of the molecule is C=C(OC)c1cc(Oc2ncccc2CF)ccc1I. The first kappa shape index (κ1) is 14.8. The van der Waals surface area contributed by atoms with E-state index in [0.29, 0.717) is 17.1 Å². The van der Waals surface area contributed by atoms with E-state index in [1.54, 1.807) is 37.6 Å². The van der Waals surface area contributed by atoms with Gasteiger partial charge in [0.25, 0.3) is 0 Å². The largest absolute Gasteiger partial charge is 0.497 e. The van der Waals surface area contributed by atoms with Crippen molar-refractivity contribution >= 4 is 28.4 Å². The Kier molecular flexibility index (Phi) is 4.94. The number of pyridine rings is 1. The second-order valence-electron chi connectivity index (χ2n) is 3.97. The Morgan fingerprint density at radius 1 is 1.40 bits per heavy atom. The lowest BCUT2D eigenvalue weighted by Gasteiger charge is -2.11. The van der Waals surface area contributed by atoms with Gasteiger partial charge in [-0.1, -0.05) is 6.58 Å². The third kappa shape index (κ3) is 3.27. The highest BCUT2D eigenvalue weighted by atomic mass is 127. The molecule has 104 valence electrons. The van der Waals surface area contributed by atoms with E-state index in [1.807, 2.05) is 6.07 Å². The molecule has 0 radical (unpaired) electrons. The predicted molar refractivity (Wildman–Crippen MR) is 84.3 cm³/mol. The molecular weight excluding hydrogens is 372 g/mol. The summed E-state index contributed by atoms with van der Waals surface area (Å²) in [5.41, 5.74) is 1.25. The normalized spacial score (nSPS) is 10.2. The van der Waals surface area contributed by atoms with E-state index in [2.05, 4.69) is 34.2 Å². The van der Waals surface area contributed by atoms with Crippen LogP contribution in [0.1, 0.15) is 11.1 Å². The average Bonchev–Trinajstić information content (AvgIpc) is 2.49. The number of nitrogens with zero attached hydrogens (tertiary/aromatic N) is 1. The molecule has 0 unspecified atom stereocenters. The van der Waals surface area contributed by atoms with Crippen molar-refractivity contribution in [3.8, 4) is 11.6 Å². The standard InChI is InChI=1S/C15H13FINO2/c1-10(19-2)13-8-12(5-6-14(13)17)20-15-11(9-16)4-3-7-18-15/h3-8H,1,9H2,2H3. The van der Waals surface area contributed by atoms with E-state index in [1.165, 1.54) is 0 Å². The summed E-state index contributed by atoms with van der Waals surface area (Å²) in [5.74, 6) is 1.38. The van der Waals surface area contributed by atoms with E-state index >= 15 is 0 Å². The molecule has 20 heavy (non-hydrogen) atoms. The van der Waals surface area contributed by atoms with Gasteiger partial charge in [0.2, 0.25) is 5.88 Å². The monoisotopic (exact) mass is 385 g/mol. The molecule has 0 aliphatic rings. The smallest absolute Gasteiger partial charge is 0.225 e.